The standard InChI is InChI=1S/C19H29BrN4O3/c1-19(2,27-17-5-3-4-11-25-17)8-12-26-23-16-6-9-24(10-7-16)18-21-13-15(20)14-22-18/h13-14,17H,3-12H2,1-2H3. The molecule has 0 amide bonds. The third-order valence-electron chi connectivity index (χ3n) is 4.81. The van der Waals surface area contributed by atoms with Crippen molar-refractivity contribution in [1.29, 1.82) is 0 Å². The minimum absolute atomic E-state index is 0.0785. The predicted octanol–water partition coefficient (Wildman–Crippen LogP) is 3.92. The molecule has 27 heavy (non-hydrogen) atoms. The minimum atomic E-state index is -0.273. The van der Waals surface area contributed by atoms with Crippen LogP contribution in [0.5, 0.6) is 0 Å². The molecule has 1 unspecified atom stereocenters. The fraction of sp³-hybridized carbons (Fsp3) is 0.737. The van der Waals surface area contributed by atoms with Crippen LogP contribution in [0.3, 0.4) is 0 Å². The predicted molar refractivity (Wildman–Crippen MR) is 108 cm³/mol. The molecule has 2 fully saturated rings. The molecule has 0 spiro atoms. The van der Waals surface area contributed by atoms with Crippen molar-refractivity contribution in [3.05, 3.63) is 16.9 Å². The molecule has 0 aliphatic carbocycles. The minimum Gasteiger partial charge on any atom is -0.396 e. The van der Waals surface area contributed by atoms with Gasteiger partial charge in [-0.05, 0) is 49.0 Å². The molecule has 0 bridgehead atoms. The molecule has 8 heteroatoms. The molecule has 0 saturated carbocycles. The van der Waals surface area contributed by atoms with Crippen LogP contribution in [0.4, 0.5) is 5.95 Å². The Morgan fingerprint density at radius 3 is 2.67 bits per heavy atom. The average molecular weight is 441 g/mol. The highest BCUT2D eigenvalue weighted by molar-refractivity contribution is 9.10. The van der Waals surface area contributed by atoms with Gasteiger partial charge in [0, 0.05) is 51.4 Å². The van der Waals surface area contributed by atoms with E-state index in [-0.39, 0.29) is 11.9 Å². The highest BCUT2D eigenvalue weighted by atomic mass is 79.9. The summed E-state index contributed by atoms with van der Waals surface area (Å²) in [6.07, 6.45) is 9.27. The molecular weight excluding hydrogens is 412 g/mol. The van der Waals surface area contributed by atoms with Crippen LogP contribution in [0.2, 0.25) is 0 Å². The molecule has 2 aliphatic heterocycles. The first-order valence-corrected chi connectivity index (χ1v) is 10.5. The first kappa shape index (κ1) is 20.5. The van der Waals surface area contributed by atoms with E-state index >= 15 is 0 Å². The smallest absolute Gasteiger partial charge is 0.225 e. The number of oxime groups is 1. The molecule has 2 saturated heterocycles. The summed E-state index contributed by atoms with van der Waals surface area (Å²) >= 11 is 3.36. The summed E-state index contributed by atoms with van der Waals surface area (Å²) in [6.45, 7) is 7.22. The lowest BCUT2D eigenvalue weighted by atomic mass is 10.1. The van der Waals surface area contributed by atoms with Gasteiger partial charge in [-0.2, -0.15) is 0 Å². The van der Waals surface area contributed by atoms with E-state index in [0.717, 1.165) is 67.9 Å². The van der Waals surface area contributed by atoms with Crippen molar-refractivity contribution in [1.82, 2.24) is 9.97 Å². The number of piperidine rings is 1. The Labute approximate surface area is 169 Å². The van der Waals surface area contributed by atoms with E-state index in [4.69, 9.17) is 14.3 Å². The molecule has 0 radical (unpaired) electrons. The number of ether oxygens (including phenoxy) is 2. The fourth-order valence-electron chi connectivity index (χ4n) is 3.17. The van der Waals surface area contributed by atoms with Crippen LogP contribution >= 0.6 is 15.9 Å². The van der Waals surface area contributed by atoms with Crippen molar-refractivity contribution in [3.63, 3.8) is 0 Å². The summed E-state index contributed by atoms with van der Waals surface area (Å²) in [5.41, 5.74) is 0.822. The van der Waals surface area contributed by atoms with E-state index in [2.05, 4.69) is 49.8 Å². The monoisotopic (exact) mass is 440 g/mol. The zero-order valence-electron chi connectivity index (χ0n) is 16.2. The maximum absolute atomic E-state index is 6.07. The van der Waals surface area contributed by atoms with Crippen LogP contribution in [0, 0.1) is 0 Å². The Morgan fingerprint density at radius 1 is 1.26 bits per heavy atom. The highest BCUT2D eigenvalue weighted by Crippen LogP contribution is 2.23. The van der Waals surface area contributed by atoms with Crippen LogP contribution < -0.4 is 4.90 Å². The molecule has 2 aliphatic rings. The Kier molecular flexibility index (Phi) is 7.43. The van der Waals surface area contributed by atoms with Crippen LogP contribution in [-0.2, 0) is 14.3 Å². The van der Waals surface area contributed by atoms with Crippen LogP contribution in [0.1, 0.15) is 52.4 Å². The van der Waals surface area contributed by atoms with Gasteiger partial charge in [-0.3, -0.25) is 0 Å². The summed E-state index contributed by atoms with van der Waals surface area (Å²) in [7, 11) is 0. The molecule has 150 valence electrons. The normalized spacial score (nSPS) is 21.2. The van der Waals surface area contributed by atoms with Gasteiger partial charge in [-0.15, -0.1) is 0 Å². The molecule has 3 heterocycles. The lowest BCUT2D eigenvalue weighted by Gasteiger charge is -2.32. The van der Waals surface area contributed by atoms with Crippen molar-refractivity contribution in [2.75, 3.05) is 31.2 Å². The van der Waals surface area contributed by atoms with Gasteiger partial charge in [-0.25, -0.2) is 9.97 Å². The largest absolute Gasteiger partial charge is 0.396 e. The topological polar surface area (TPSA) is 69.1 Å². The van der Waals surface area contributed by atoms with E-state index in [1.807, 2.05) is 0 Å². The Balaban J connectivity index is 1.36. The van der Waals surface area contributed by atoms with Gasteiger partial charge in [0.15, 0.2) is 6.29 Å². The maximum Gasteiger partial charge on any atom is 0.225 e. The van der Waals surface area contributed by atoms with Crippen molar-refractivity contribution in [3.8, 4) is 0 Å². The van der Waals surface area contributed by atoms with Gasteiger partial charge < -0.3 is 19.2 Å². The lowest BCUT2D eigenvalue weighted by Crippen LogP contribution is -2.35. The molecular formula is C19H29BrN4O3. The van der Waals surface area contributed by atoms with Gasteiger partial charge in [0.25, 0.3) is 0 Å². The zero-order chi connectivity index (χ0) is 19.1. The summed E-state index contributed by atoms with van der Waals surface area (Å²) in [4.78, 5) is 16.4. The van der Waals surface area contributed by atoms with Crippen LogP contribution in [0.15, 0.2) is 22.0 Å². The van der Waals surface area contributed by atoms with Gasteiger partial charge in [-0.1, -0.05) is 5.16 Å². The molecule has 3 rings (SSSR count). The van der Waals surface area contributed by atoms with Crippen LogP contribution in [0.25, 0.3) is 0 Å². The molecule has 1 aromatic rings. The first-order valence-electron chi connectivity index (χ1n) is 9.71. The number of hydrogen-bond acceptors (Lipinski definition) is 7. The number of nitrogens with zero attached hydrogens (tertiary/aromatic N) is 4. The van der Waals surface area contributed by atoms with Gasteiger partial charge in [0.05, 0.1) is 15.8 Å². The molecule has 1 atom stereocenters. The SMILES string of the molecule is CC(C)(CCON=C1CCN(c2ncc(Br)cn2)CC1)OC1CCCCO1. The van der Waals surface area contributed by atoms with Crippen LogP contribution in [-0.4, -0.2) is 53.9 Å². The third kappa shape index (κ3) is 6.69. The molecule has 0 N–H and O–H groups in total. The number of anilines is 1. The van der Waals surface area contributed by atoms with Crippen molar-refractivity contribution >= 4 is 27.6 Å². The Morgan fingerprint density at radius 2 is 2.00 bits per heavy atom. The second kappa shape index (κ2) is 9.80. The first-order chi connectivity index (χ1) is 13.0. The lowest BCUT2D eigenvalue weighted by molar-refractivity contribution is -0.219. The average Bonchev–Trinajstić information content (AvgIpc) is 2.67. The second-order valence-corrected chi connectivity index (χ2v) is 8.52. The molecule has 0 aromatic carbocycles. The van der Waals surface area contributed by atoms with Crippen molar-refractivity contribution < 1.29 is 14.3 Å². The Hall–Kier alpha value is -1.25. The summed E-state index contributed by atoms with van der Waals surface area (Å²) in [6, 6.07) is 0. The van der Waals surface area contributed by atoms with Gasteiger partial charge in [0.1, 0.15) is 6.61 Å². The van der Waals surface area contributed by atoms with Crippen molar-refractivity contribution in [2.24, 2.45) is 5.16 Å². The summed E-state index contributed by atoms with van der Waals surface area (Å²) < 4.78 is 12.6. The van der Waals surface area contributed by atoms with E-state index in [1.165, 1.54) is 6.42 Å². The highest BCUT2D eigenvalue weighted by Gasteiger charge is 2.26. The summed E-state index contributed by atoms with van der Waals surface area (Å²) in [5, 5.41) is 4.33. The number of halogens is 1. The van der Waals surface area contributed by atoms with Gasteiger partial charge >= 0.3 is 0 Å². The van der Waals surface area contributed by atoms with Gasteiger partial charge in [0.2, 0.25) is 5.95 Å². The molecule has 7 nitrogen and oxygen atoms in total. The van der Waals surface area contributed by atoms with E-state index in [1.54, 1.807) is 12.4 Å². The van der Waals surface area contributed by atoms with E-state index < -0.39 is 0 Å². The zero-order valence-corrected chi connectivity index (χ0v) is 17.8. The third-order valence-corrected chi connectivity index (χ3v) is 5.22. The second-order valence-electron chi connectivity index (χ2n) is 7.60. The number of hydrogen-bond donors (Lipinski definition) is 0. The van der Waals surface area contributed by atoms with E-state index in [0.29, 0.717) is 6.61 Å². The fourth-order valence-corrected chi connectivity index (χ4v) is 3.38. The Bertz CT molecular complexity index is 608. The van der Waals surface area contributed by atoms with Crippen molar-refractivity contribution in [2.45, 2.75) is 64.3 Å². The number of aromatic nitrogens is 2. The van der Waals surface area contributed by atoms with E-state index in [9.17, 15) is 0 Å². The summed E-state index contributed by atoms with van der Waals surface area (Å²) in [5.74, 6) is 0.766. The molecule has 1 aromatic heterocycles. The quantitative estimate of drug-likeness (QED) is 0.472. The maximum atomic E-state index is 6.07. The number of rotatable bonds is 7.